The van der Waals surface area contributed by atoms with E-state index < -0.39 is 12.1 Å². The average Bonchev–Trinajstić information content (AvgIpc) is 3.00. The van der Waals surface area contributed by atoms with Crippen LogP contribution in [0.25, 0.3) is 11.1 Å². The number of carbonyl (C=O) groups is 2. The van der Waals surface area contributed by atoms with Gasteiger partial charge in [0.25, 0.3) is 5.91 Å². The Hall–Kier alpha value is -4.60. The van der Waals surface area contributed by atoms with Crippen molar-refractivity contribution in [3.05, 3.63) is 124 Å². The molecule has 2 N–H and O–H groups in total. The number of amides is 1. The van der Waals surface area contributed by atoms with Crippen LogP contribution in [0.15, 0.2) is 91.0 Å². The summed E-state index contributed by atoms with van der Waals surface area (Å²) >= 11 is 6.21. The van der Waals surface area contributed by atoms with Gasteiger partial charge in [-0.2, -0.15) is 5.26 Å². The summed E-state index contributed by atoms with van der Waals surface area (Å²) < 4.78 is 6.69. The first-order valence-electron chi connectivity index (χ1n) is 13.9. The Kier molecular flexibility index (Phi) is 10.4. The predicted octanol–water partition coefficient (Wildman–Crippen LogP) is 8.10. The molecule has 42 heavy (non-hydrogen) atoms. The Morgan fingerprint density at radius 1 is 0.929 bits per heavy atom. The molecule has 1 amide bonds. The largest absolute Gasteiger partial charge is 0.484 e. The smallest absolute Gasteiger partial charge is 0.305 e. The maximum absolute atomic E-state index is 12.5. The Morgan fingerprint density at radius 3 is 2.19 bits per heavy atom. The lowest BCUT2D eigenvalue weighted by Gasteiger charge is -2.29. The number of carboxylic acid groups (broad SMARTS) is 1. The number of carbonyl (C=O) groups excluding carboxylic acids is 1. The third-order valence-corrected chi connectivity index (χ3v) is 7.38. The third kappa shape index (κ3) is 7.78. The van der Waals surface area contributed by atoms with Gasteiger partial charge in [-0.3, -0.25) is 9.59 Å². The maximum atomic E-state index is 12.5. The molecule has 4 rings (SSSR count). The van der Waals surface area contributed by atoms with Crippen molar-refractivity contribution < 1.29 is 19.4 Å². The number of rotatable bonds is 12. The van der Waals surface area contributed by atoms with Gasteiger partial charge in [0.1, 0.15) is 17.9 Å². The predicted molar refractivity (Wildman–Crippen MR) is 165 cm³/mol. The molecule has 7 heteroatoms. The van der Waals surface area contributed by atoms with Gasteiger partial charge in [0.15, 0.2) is 0 Å². The molecular formula is C35H33ClN2O4. The second-order valence-electron chi connectivity index (χ2n) is 10.2. The summed E-state index contributed by atoms with van der Waals surface area (Å²) in [5, 5.41) is 22.1. The van der Waals surface area contributed by atoms with Crippen molar-refractivity contribution >= 4 is 23.5 Å². The molecule has 2 atom stereocenters. The number of nitriles is 1. The summed E-state index contributed by atoms with van der Waals surface area (Å²) in [6.07, 6.45) is 1.10. The fourth-order valence-electron chi connectivity index (χ4n) is 4.89. The minimum Gasteiger partial charge on any atom is -0.484 e. The van der Waals surface area contributed by atoms with Crippen LogP contribution in [0.1, 0.15) is 70.8 Å². The van der Waals surface area contributed by atoms with E-state index >= 15 is 0 Å². The van der Waals surface area contributed by atoms with Gasteiger partial charge in [0.05, 0.1) is 12.0 Å². The summed E-state index contributed by atoms with van der Waals surface area (Å²) in [6, 6.07) is 31.0. The molecule has 0 fully saturated rings. The van der Waals surface area contributed by atoms with Crippen molar-refractivity contribution in [3.63, 3.8) is 0 Å². The lowest BCUT2D eigenvalue weighted by atomic mass is 9.85. The first-order chi connectivity index (χ1) is 20.3. The van der Waals surface area contributed by atoms with E-state index in [1.54, 1.807) is 12.1 Å². The fraction of sp³-hybridized carbons (Fsp3) is 0.229. The Morgan fingerprint density at radius 2 is 1.57 bits per heavy atom. The highest BCUT2D eigenvalue weighted by molar-refractivity contribution is 6.30. The van der Waals surface area contributed by atoms with Crippen molar-refractivity contribution in [2.45, 2.75) is 45.1 Å². The van der Waals surface area contributed by atoms with Crippen LogP contribution in [0.5, 0.6) is 5.75 Å². The molecule has 0 radical (unpaired) electrons. The molecule has 0 aromatic heterocycles. The Labute approximate surface area is 251 Å². The highest BCUT2D eigenvalue weighted by Crippen LogP contribution is 2.40. The van der Waals surface area contributed by atoms with E-state index in [9.17, 15) is 14.9 Å². The molecule has 0 saturated heterocycles. The van der Waals surface area contributed by atoms with Gasteiger partial charge in [0.2, 0.25) is 0 Å². The van der Waals surface area contributed by atoms with E-state index in [1.807, 2.05) is 85.8 Å². The van der Waals surface area contributed by atoms with Crippen LogP contribution in [0.3, 0.4) is 0 Å². The van der Waals surface area contributed by atoms with Gasteiger partial charge < -0.3 is 15.2 Å². The first-order valence-corrected chi connectivity index (χ1v) is 14.3. The number of hydrogen-bond acceptors (Lipinski definition) is 4. The van der Waals surface area contributed by atoms with Crippen LogP contribution in [0.2, 0.25) is 5.02 Å². The van der Waals surface area contributed by atoms with E-state index in [0.717, 1.165) is 35.1 Å². The number of halogens is 1. The number of aryl methyl sites for hydroxylation is 1. The SMILES string of the molecule is CCCC(c1ccc(C(=O)NCCC(=O)O)cc1)C(Oc1ccc(-c2ccc(C)cc2)cc1C#N)c1ccc(Cl)cc1. The lowest BCUT2D eigenvalue weighted by molar-refractivity contribution is -0.136. The van der Waals surface area contributed by atoms with Gasteiger partial charge in [-0.25, -0.2) is 0 Å². The number of hydrogen-bond donors (Lipinski definition) is 2. The molecule has 214 valence electrons. The molecule has 0 heterocycles. The van der Waals surface area contributed by atoms with Crippen molar-refractivity contribution in [1.29, 1.82) is 5.26 Å². The summed E-state index contributed by atoms with van der Waals surface area (Å²) in [7, 11) is 0. The molecule has 6 nitrogen and oxygen atoms in total. The topological polar surface area (TPSA) is 99.4 Å². The Balaban J connectivity index is 1.67. The van der Waals surface area contributed by atoms with Gasteiger partial charge >= 0.3 is 5.97 Å². The molecule has 2 unspecified atom stereocenters. The van der Waals surface area contributed by atoms with Crippen molar-refractivity contribution in [2.75, 3.05) is 6.54 Å². The van der Waals surface area contributed by atoms with Crippen LogP contribution >= 0.6 is 11.6 Å². The van der Waals surface area contributed by atoms with Gasteiger partial charge in [-0.1, -0.05) is 85.1 Å². The van der Waals surface area contributed by atoms with Crippen LogP contribution in [0, 0.1) is 18.3 Å². The van der Waals surface area contributed by atoms with E-state index in [-0.39, 0.29) is 24.8 Å². The number of nitrogens with zero attached hydrogens (tertiary/aromatic N) is 1. The molecule has 0 bridgehead atoms. The number of carboxylic acids is 1. The first kappa shape index (κ1) is 30.4. The summed E-state index contributed by atoms with van der Waals surface area (Å²) in [5.74, 6) is -0.897. The standard InChI is InChI=1S/C35H33ClN2O4/c1-3-4-31(25-9-11-27(12-10-25)35(41)38-20-19-33(39)40)34(26-13-16-30(36)17-14-26)42-32-18-15-28(21-29(32)22-37)24-7-5-23(2)6-8-24/h5-18,21,31,34H,3-4,19-20H2,1-2H3,(H,38,41)(H,39,40). The Bertz CT molecular complexity index is 1560. The van der Waals surface area contributed by atoms with Gasteiger partial charge in [0, 0.05) is 23.0 Å². The fourth-order valence-corrected chi connectivity index (χ4v) is 5.01. The third-order valence-electron chi connectivity index (χ3n) is 7.13. The van der Waals surface area contributed by atoms with Crippen LogP contribution in [0.4, 0.5) is 0 Å². The zero-order valence-electron chi connectivity index (χ0n) is 23.6. The van der Waals surface area contributed by atoms with E-state index in [0.29, 0.717) is 21.9 Å². The molecule has 4 aromatic rings. The molecule has 0 spiro atoms. The average molecular weight is 581 g/mol. The zero-order valence-corrected chi connectivity index (χ0v) is 24.4. The molecule has 0 aliphatic rings. The normalized spacial score (nSPS) is 12.1. The van der Waals surface area contributed by atoms with Crippen molar-refractivity contribution in [1.82, 2.24) is 5.32 Å². The highest BCUT2D eigenvalue weighted by atomic mass is 35.5. The zero-order chi connectivity index (χ0) is 30.1. The minimum atomic E-state index is -0.967. The lowest BCUT2D eigenvalue weighted by Crippen LogP contribution is -2.26. The minimum absolute atomic E-state index is 0.0603. The second kappa shape index (κ2) is 14.3. The van der Waals surface area contributed by atoms with E-state index in [1.165, 1.54) is 5.56 Å². The van der Waals surface area contributed by atoms with Crippen LogP contribution in [-0.4, -0.2) is 23.5 Å². The monoisotopic (exact) mass is 580 g/mol. The summed E-state index contributed by atoms with van der Waals surface area (Å²) in [5.41, 5.74) is 5.91. The van der Waals surface area contributed by atoms with Gasteiger partial charge in [-0.05, 0) is 72.0 Å². The van der Waals surface area contributed by atoms with Crippen molar-refractivity contribution in [2.24, 2.45) is 0 Å². The molecular weight excluding hydrogens is 548 g/mol. The van der Waals surface area contributed by atoms with E-state index in [4.69, 9.17) is 21.4 Å². The second-order valence-corrected chi connectivity index (χ2v) is 10.6. The molecule has 0 aliphatic heterocycles. The number of ether oxygens (including phenoxy) is 1. The van der Waals surface area contributed by atoms with E-state index in [2.05, 4.69) is 18.3 Å². The summed E-state index contributed by atoms with van der Waals surface area (Å²) in [6.45, 7) is 4.20. The molecule has 0 aliphatic carbocycles. The number of benzene rings is 4. The van der Waals surface area contributed by atoms with Crippen LogP contribution in [-0.2, 0) is 4.79 Å². The molecule has 0 saturated carbocycles. The van der Waals surface area contributed by atoms with Crippen molar-refractivity contribution in [3.8, 4) is 22.9 Å². The number of aliphatic carboxylic acids is 1. The van der Waals surface area contributed by atoms with Crippen LogP contribution < -0.4 is 10.1 Å². The highest BCUT2D eigenvalue weighted by Gasteiger charge is 2.28. The molecule has 4 aromatic carbocycles. The quantitative estimate of drug-likeness (QED) is 0.176. The number of nitrogens with one attached hydrogen (secondary N) is 1. The summed E-state index contributed by atoms with van der Waals surface area (Å²) in [4.78, 5) is 23.3. The van der Waals surface area contributed by atoms with Gasteiger partial charge in [-0.15, -0.1) is 0 Å². The maximum Gasteiger partial charge on any atom is 0.305 e.